The maximum absolute atomic E-state index is 5.75. The molecule has 80 valence electrons. The van der Waals surface area contributed by atoms with Gasteiger partial charge in [-0.15, -0.1) is 11.3 Å². The number of aromatic nitrogens is 2. The Labute approximate surface area is 93.4 Å². The number of hydrogen-bond acceptors (Lipinski definition) is 3. The van der Waals surface area contributed by atoms with Crippen molar-refractivity contribution in [2.75, 3.05) is 0 Å². The fraction of sp³-hybridized carbons (Fsp3) is 0.364. The van der Waals surface area contributed by atoms with Gasteiger partial charge in [-0.1, -0.05) is 6.92 Å². The SMILES string of the molecule is CCc1ccc(-c2cnc(C(C)N)[nH]2)s1. The van der Waals surface area contributed by atoms with Gasteiger partial charge in [0.1, 0.15) is 5.82 Å². The summed E-state index contributed by atoms with van der Waals surface area (Å²) < 4.78 is 0. The van der Waals surface area contributed by atoms with Crippen molar-refractivity contribution in [3.8, 4) is 10.6 Å². The van der Waals surface area contributed by atoms with Gasteiger partial charge < -0.3 is 10.7 Å². The molecular weight excluding hydrogens is 206 g/mol. The summed E-state index contributed by atoms with van der Waals surface area (Å²) in [7, 11) is 0. The molecule has 2 heterocycles. The minimum Gasteiger partial charge on any atom is -0.340 e. The number of aromatic amines is 1. The lowest BCUT2D eigenvalue weighted by Crippen LogP contribution is -2.06. The second kappa shape index (κ2) is 4.16. The third-order valence-corrected chi connectivity index (χ3v) is 3.57. The average Bonchev–Trinajstić information content (AvgIpc) is 2.86. The lowest BCUT2D eigenvalue weighted by Gasteiger charge is -1.97. The van der Waals surface area contributed by atoms with Crippen LogP contribution >= 0.6 is 11.3 Å². The average molecular weight is 221 g/mol. The minimum absolute atomic E-state index is 0.0376. The molecule has 1 atom stereocenters. The van der Waals surface area contributed by atoms with Gasteiger partial charge in [-0.25, -0.2) is 4.98 Å². The van der Waals surface area contributed by atoms with Gasteiger partial charge >= 0.3 is 0 Å². The van der Waals surface area contributed by atoms with Crippen molar-refractivity contribution < 1.29 is 0 Å². The van der Waals surface area contributed by atoms with Crippen LogP contribution in [0.4, 0.5) is 0 Å². The molecule has 0 bridgehead atoms. The van der Waals surface area contributed by atoms with Crippen molar-refractivity contribution in [1.82, 2.24) is 9.97 Å². The topological polar surface area (TPSA) is 54.7 Å². The van der Waals surface area contributed by atoms with Crippen LogP contribution in [0, 0.1) is 0 Å². The van der Waals surface area contributed by atoms with Crippen LogP contribution in [0.1, 0.15) is 30.6 Å². The summed E-state index contributed by atoms with van der Waals surface area (Å²) in [5, 5.41) is 0. The molecule has 2 aromatic rings. The van der Waals surface area contributed by atoms with Crippen LogP contribution in [0.15, 0.2) is 18.3 Å². The Hall–Kier alpha value is -1.13. The summed E-state index contributed by atoms with van der Waals surface area (Å²) in [6.45, 7) is 4.09. The maximum Gasteiger partial charge on any atom is 0.123 e. The highest BCUT2D eigenvalue weighted by molar-refractivity contribution is 7.15. The molecule has 15 heavy (non-hydrogen) atoms. The predicted octanol–water partition coefficient (Wildman–Crippen LogP) is 2.72. The van der Waals surface area contributed by atoms with E-state index in [4.69, 9.17) is 5.73 Å². The first kappa shape index (κ1) is 10.4. The normalized spacial score (nSPS) is 13.0. The molecule has 2 rings (SSSR count). The molecule has 0 saturated heterocycles. The molecule has 0 aliphatic rings. The van der Waals surface area contributed by atoms with Crippen LogP contribution in [0.3, 0.4) is 0 Å². The highest BCUT2D eigenvalue weighted by atomic mass is 32.1. The van der Waals surface area contributed by atoms with Gasteiger partial charge in [0.15, 0.2) is 0 Å². The van der Waals surface area contributed by atoms with Crippen LogP contribution in [0.5, 0.6) is 0 Å². The van der Waals surface area contributed by atoms with Crippen LogP contribution in [0.2, 0.25) is 0 Å². The highest BCUT2D eigenvalue weighted by Crippen LogP contribution is 2.27. The molecule has 3 nitrogen and oxygen atoms in total. The molecule has 3 N–H and O–H groups in total. The van der Waals surface area contributed by atoms with Gasteiger partial charge in [0, 0.05) is 4.88 Å². The lowest BCUT2D eigenvalue weighted by molar-refractivity contribution is 0.756. The summed E-state index contributed by atoms with van der Waals surface area (Å²) >= 11 is 1.80. The van der Waals surface area contributed by atoms with Crippen molar-refractivity contribution in [1.29, 1.82) is 0 Å². The Morgan fingerprint density at radius 2 is 2.33 bits per heavy atom. The molecule has 0 fully saturated rings. The third-order valence-electron chi connectivity index (χ3n) is 2.30. The Bertz CT molecular complexity index is 442. The first-order chi connectivity index (χ1) is 7.20. The Morgan fingerprint density at radius 1 is 1.53 bits per heavy atom. The second-order valence-corrected chi connectivity index (χ2v) is 4.76. The smallest absolute Gasteiger partial charge is 0.123 e. The van der Waals surface area contributed by atoms with E-state index in [0.29, 0.717) is 0 Å². The Balaban J connectivity index is 2.28. The van der Waals surface area contributed by atoms with Crippen molar-refractivity contribution in [2.45, 2.75) is 26.3 Å². The molecule has 2 aromatic heterocycles. The molecule has 0 spiro atoms. The summed E-state index contributed by atoms with van der Waals surface area (Å²) in [5.41, 5.74) is 6.81. The van der Waals surface area contributed by atoms with E-state index in [0.717, 1.165) is 17.9 Å². The number of rotatable bonds is 3. The summed E-state index contributed by atoms with van der Waals surface area (Å²) in [4.78, 5) is 10.1. The predicted molar refractivity (Wildman–Crippen MR) is 63.9 cm³/mol. The molecule has 0 amide bonds. The van der Waals surface area contributed by atoms with E-state index in [-0.39, 0.29) is 6.04 Å². The summed E-state index contributed by atoms with van der Waals surface area (Å²) in [6.07, 6.45) is 2.93. The van der Waals surface area contributed by atoms with Crippen molar-refractivity contribution >= 4 is 11.3 Å². The van der Waals surface area contributed by atoms with Crippen molar-refractivity contribution in [3.05, 3.63) is 29.0 Å². The standard InChI is InChI=1S/C11H15N3S/c1-3-8-4-5-10(15-8)9-6-13-11(14-9)7(2)12/h4-7H,3,12H2,1-2H3,(H,13,14). The van der Waals surface area contributed by atoms with Gasteiger partial charge in [-0.2, -0.15) is 0 Å². The zero-order valence-electron chi connectivity index (χ0n) is 8.95. The van der Waals surface area contributed by atoms with E-state index in [1.165, 1.54) is 9.75 Å². The molecule has 0 aliphatic carbocycles. The number of hydrogen-bond donors (Lipinski definition) is 2. The number of nitrogens with one attached hydrogen (secondary N) is 1. The largest absolute Gasteiger partial charge is 0.340 e. The molecule has 0 aliphatic heterocycles. The fourth-order valence-electron chi connectivity index (χ4n) is 1.41. The monoisotopic (exact) mass is 221 g/mol. The van der Waals surface area contributed by atoms with Gasteiger partial charge in [-0.3, -0.25) is 0 Å². The molecule has 0 saturated carbocycles. The van der Waals surface area contributed by atoms with E-state index in [1.54, 1.807) is 11.3 Å². The first-order valence-electron chi connectivity index (χ1n) is 5.10. The summed E-state index contributed by atoms with van der Waals surface area (Å²) in [5.74, 6) is 0.844. The van der Waals surface area contributed by atoms with Gasteiger partial charge in [0.25, 0.3) is 0 Å². The van der Waals surface area contributed by atoms with E-state index < -0.39 is 0 Å². The number of H-pyrrole nitrogens is 1. The number of nitrogens with two attached hydrogens (primary N) is 1. The first-order valence-corrected chi connectivity index (χ1v) is 5.92. The third kappa shape index (κ3) is 2.11. The molecule has 4 heteroatoms. The number of thiophene rings is 1. The van der Waals surface area contributed by atoms with Gasteiger partial charge in [0.05, 0.1) is 22.8 Å². The van der Waals surface area contributed by atoms with Crippen molar-refractivity contribution in [3.63, 3.8) is 0 Å². The molecule has 1 unspecified atom stereocenters. The van der Waals surface area contributed by atoms with E-state index in [2.05, 4.69) is 29.0 Å². The Morgan fingerprint density at radius 3 is 2.87 bits per heavy atom. The zero-order valence-corrected chi connectivity index (χ0v) is 9.77. The van der Waals surface area contributed by atoms with Gasteiger partial charge in [-0.05, 0) is 25.5 Å². The fourth-order valence-corrected chi connectivity index (χ4v) is 2.32. The highest BCUT2D eigenvalue weighted by Gasteiger charge is 2.08. The number of imidazole rings is 1. The summed E-state index contributed by atoms with van der Waals surface area (Å²) in [6, 6.07) is 4.25. The van der Waals surface area contributed by atoms with Crippen LogP contribution < -0.4 is 5.73 Å². The van der Waals surface area contributed by atoms with Crippen molar-refractivity contribution in [2.24, 2.45) is 5.73 Å². The number of aryl methyl sites for hydroxylation is 1. The molecule has 0 radical (unpaired) electrons. The van der Waals surface area contributed by atoms with Crippen LogP contribution in [-0.4, -0.2) is 9.97 Å². The number of nitrogens with zero attached hydrogens (tertiary/aromatic N) is 1. The van der Waals surface area contributed by atoms with E-state index in [9.17, 15) is 0 Å². The maximum atomic E-state index is 5.75. The second-order valence-electron chi connectivity index (χ2n) is 3.59. The molecular formula is C11H15N3S. The Kier molecular flexibility index (Phi) is 2.88. The van der Waals surface area contributed by atoms with Gasteiger partial charge in [0.2, 0.25) is 0 Å². The van der Waals surface area contributed by atoms with Crippen LogP contribution in [0.25, 0.3) is 10.6 Å². The minimum atomic E-state index is -0.0376. The zero-order chi connectivity index (χ0) is 10.8. The lowest BCUT2D eigenvalue weighted by atomic mass is 10.3. The van der Waals surface area contributed by atoms with E-state index in [1.807, 2.05) is 13.1 Å². The molecule has 0 aromatic carbocycles. The van der Waals surface area contributed by atoms with Crippen LogP contribution in [-0.2, 0) is 6.42 Å². The quantitative estimate of drug-likeness (QED) is 0.837. The van der Waals surface area contributed by atoms with E-state index >= 15 is 0 Å².